The highest BCUT2D eigenvalue weighted by Crippen LogP contribution is 2.29. The summed E-state index contributed by atoms with van der Waals surface area (Å²) in [5.74, 6) is 0. The molecule has 20 heavy (non-hydrogen) atoms. The molecule has 0 aromatic rings. The second kappa shape index (κ2) is 7.24. The Morgan fingerprint density at radius 2 is 1.55 bits per heavy atom. The van der Waals surface area contributed by atoms with Gasteiger partial charge in [0.05, 0.1) is 12.2 Å². The summed E-state index contributed by atoms with van der Waals surface area (Å²) in [5.41, 5.74) is 0.575. The SMILES string of the molecule is CCC(CC)(CNC(C)(C)C)CN1C[C@@H](C)O[C@@H](C)C1. The topological polar surface area (TPSA) is 24.5 Å². The van der Waals surface area contributed by atoms with Gasteiger partial charge < -0.3 is 10.1 Å². The Balaban J connectivity index is 2.65. The van der Waals surface area contributed by atoms with Gasteiger partial charge in [0.1, 0.15) is 0 Å². The Morgan fingerprint density at radius 1 is 1.05 bits per heavy atom. The smallest absolute Gasteiger partial charge is 0.0678 e. The van der Waals surface area contributed by atoms with Crippen molar-refractivity contribution < 1.29 is 4.74 Å². The zero-order valence-electron chi connectivity index (χ0n) is 14.8. The fourth-order valence-electron chi connectivity index (χ4n) is 3.12. The van der Waals surface area contributed by atoms with E-state index in [1.807, 2.05) is 0 Å². The number of hydrogen-bond donors (Lipinski definition) is 1. The molecule has 0 aliphatic carbocycles. The van der Waals surface area contributed by atoms with Gasteiger partial charge in [0.15, 0.2) is 0 Å². The fourth-order valence-corrected chi connectivity index (χ4v) is 3.12. The Kier molecular flexibility index (Phi) is 6.49. The van der Waals surface area contributed by atoms with Crippen LogP contribution in [0.5, 0.6) is 0 Å². The third kappa shape index (κ3) is 5.71. The maximum Gasteiger partial charge on any atom is 0.0678 e. The summed E-state index contributed by atoms with van der Waals surface area (Å²) in [5, 5.41) is 3.72. The van der Waals surface area contributed by atoms with Gasteiger partial charge in [-0.2, -0.15) is 0 Å². The van der Waals surface area contributed by atoms with Crippen molar-refractivity contribution in [2.75, 3.05) is 26.2 Å². The Labute approximate surface area is 126 Å². The van der Waals surface area contributed by atoms with Gasteiger partial charge in [-0.25, -0.2) is 0 Å². The van der Waals surface area contributed by atoms with Crippen molar-refractivity contribution >= 4 is 0 Å². The molecule has 0 unspecified atom stereocenters. The monoisotopic (exact) mass is 284 g/mol. The molecule has 3 nitrogen and oxygen atoms in total. The first-order valence-corrected chi connectivity index (χ1v) is 8.32. The second-order valence-corrected chi connectivity index (χ2v) is 7.76. The number of ether oxygens (including phenoxy) is 1. The third-order valence-corrected chi connectivity index (χ3v) is 4.55. The van der Waals surface area contributed by atoms with Crippen LogP contribution in [-0.2, 0) is 4.74 Å². The summed E-state index contributed by atoms with van der Waals surface area (Å²) < 4.78 is 5.86. The molecule has 3 heteroatoms. The molecule has 0 aromatic heterocycles. The zero-order chi connectivity index (χ0) is 15.4. The van der Waals surface area contributed by atoms with Gasteiger partial charge in [0.2, 0.25) is 0 Å². The van der Waals surface area contributed by atoms with Crippen LogP contribution < -0.4 is 5.32 Å². The minimum atomic E-state index is 0.196. The first-order valence-electron chi connectivity index (χ1n) is 8.32. The minimum Gasteiger partial charge on any atom is -0.373 e. The van der Waals surface area contributed by atoms with Crippen LogP contribution in [0.15, 0.2) is 0 Å². The molecule has 1 aliphatic heterocycles. The zero-order valence-corrected chi connectivity index (χ0v) is 14.8. The van der Waals surface area contributed by atoms with Crippen LogP contribution in [0.3, 0.4) is 0 Å². The predicted octanol–water partition coefficient (Wildman–Crippen LogP) is 3.29. The first kappa shape index (κ1) is 17.9. The van der Waals surface area contributed by atoms with Crippen LogP contribution in [0.4, 0.5) is 0 Å². The van der Waals surface area contributed by atoms with E-state index in [2.05, 4.69) is 58.7 Å². The summed E-state index contributed by atoms with van der Waals surface area (Å²) in [7, 11) is 0. The highest BCUT2D eigenvalue weighted by Gasteiger charge is 2.32. The van der Waals surface area contributed by atoms with Crippen LogP contribution in [0.2, 0.25) is 0 Å². The van der Waals surface area contributed by atoms with E-state index in [-0.39, 0.29) is 5.54 Å². The summed E-state index contributed by atoms with van der Waals surface area (Å²) >= 11 is 0. The van der Waals surface area contributed by atoms with E-state index in [1.165, 1.54) is 19.4 Å². The second-order valence-electron chi connectivity index (χ2n) is 7.76. The van der Waals surface area contributed by atoms with Crippen molar-refractivity contribution in [2.45, 2.75) is 79.1 Å². The summed E-state index contributed by atoms with van der Waals surface area (Å²) in [6, 6.07) is 0. The average Bonchev–Trinajstić information content (AvgIpc) is 2.32. The number of nitrogens with zero attached hydrogens (tertiary/aromatic N) is 1. The maximum atomic E-state index is 5.86. The van der Waals surface area contributed by atoms with E-state index in [1.54, 1.807) is 0 Å². The molecular weight excluding hydrogens is 248 g/mol. The van der Waals surface area contributed by atoms with E-state index in [9.17, 15) is 0 Å². The lowest BCUT2D eigenvalue weighted by Crippen LogP contribution is -2.53. The van der Waals surface area contributed by atoms with Crippen molar-refractivity contribution in [3.05, 3.63) is 0 Å². The number of nitrogens with one attached hydrogen (secondary N) is 1. The van der Waals surface area contributed by atoms with Gasteiger partial charge in [-0.05, 0) is 52.9 Å². The molecule has 0 saturated carbocycles. The normalized spacial score (nSPS) is 25.9. The van der Waals surface area contributed by atoms with E-state index >= 15 is 0 Å². The molecule has 0 bridgehead atoms. The van der Waals surface area contributed by atoms with Gasteiger partial charge in [-0.15, -0.1) is 0 Å². The number of rotatable bonds is 6. The van der Waals surface area contributed by atoms with Crippen molar-refractivity contribution in [3.63, 3.8) is 0 Å². The van der Waals surface area contributed by atoms with Crippen LogP contribution in [0.25, 0.3) is 0 Å². The molecule has 120 valence electrons. The Hall–Kier alpha value is -0.120. The highest BCUT2D eigenvalue weighted by atomic mass is 16.5. The minimum absolute atomic E-state index is 0.196. The standard InChI is InChI=1S/C17H36N2O/c1-8-17(9-2,12-18-16(5,6)7)13-19-10-14(3)20-15(4)11-19/h14-15,18H,8-13H2,1-7H3/t14-,15+. The van der Waals surface area contributed by atoms with E-state index < -0.39 is 0 Å². The highest BCUT2D eigenvalue weighted by molar-refractivity contribution is 4.87. The molecular formula is C17H36N2O. The van der Waals surface area contributed by atoms with E-state index in [0.29, 0.717) is 17.6 Å². The summed E-state index contributed by atoms with van der Waals surface area (Å²) in [6.07, 6.45) is 3.18. The van der Waals surface area contributed by atoms with Gasteiger partial charge in [0, 0.05) is 31.7 Å². The van der Waals surface area contributed by atoms with Crippen LogP contribution in [-0.4, -0.2) is 48.8 Å². The van der Waals surface area contributed by atoms with Crippen molar-refractivity contribution in [1.29, 1.82) is 0 Å². The summed E-state index contributed by atoms with van der Waals surface area (Å²) in [6.45, 7) is 20.2. The average molecular weight is 284 g/mol. The van der Waals surface area contributed by atoms with Crippen molar-refractivity contribution in [1.82, 2.24) is 10.2 Å². The molecule has 0 radical (unpaired) electrons. The molecule has 0 aromatic carbocycles. The Morgan fingerprint density at radius 3 is 1.95 bits per heavy atom. The Bertz CT molecular complexity index is 271. The molecule has 1 rings (SSSR count). The first-order chi connectivity index (χ1) is 9.19. The van der Waals surface area contributed by atoms with Crippen molar-refractivity contribution in [3.8, 4) is 0 Å². The lowest BCUT2D eigenvalue weighted by atomic mass is 9.80. The van der Waals surface area contributed by atoms with Gasteiger partial charge >= 0.3 is 0 Å². The fraction of sp³-hybridized carbons (Fsp3) is 1.00. The number of morpholine rings is 1. The third-order valence-electron chi connectivity index (χ3n) is 4.55. The van der Waals surface area contributed by atoms with Crippen LogP contribution >= 0.6 is 0 Å². The van der Waals surface area contributed by atoms with Crippen LogP contribution in [0.1, 0.15) is 61.3 Å². The molecule has 1 heterocycles. The summed E-state index contributed by atoms with van der Waals surface area (Å²) in [4.78, 5) is 2.61. The molecule has 1 saturated heterocycles. The molecule has 2 atom stereocenters. The molecule has 1 aliphatic rings. The lowest BCUT2D eigenvalue weighted by Gasteiger charge is -2.43. The quantitative estimate of drug-likeness (QED) is 0.810. The van der Waals surface area contributed by atoms with Gasteiger partial charge in [0.25, 0.3) is 0 Å². The molecule has 1 fully saturated rings. The number of hydrogen-bond acceptors (Lipinski definition) is 3. The van der Waals surface area contributed by atoms with E-state index in [0.717, 1.165) is 19.6 Å². The van der Waals surface area contributed by atoms with Gasteiger partial charge in [-0.1, -0.05) is 13.8 Å². The van der Waals surface area contributed by atoms with Crippen LogP contribution in [0, 0.1) is 5.41 Å². The lowest BCUT2D eigenvalue weighted by molar-refractivity contribution is -0.0786. The maximum absolute atomic E-state index is 5.86. The molecule has 0 amide bonds. The molecule has 1 N–H and O–H groups in total. The largest absolute Gasteiger partial charge is 0.373 e. The van der Waals surface area contributed by atoms with Crippen molar-refractivity contribution in [2.24, 2.45) is 5.41 Å². The van der Waals surface area contributed by atoms with Gasteiger partial charge in [-0.3, -0.25) is 4.90 Å². The van der Waals surface area contributed by atoms with E-state index in [4.69, 9.17) is 4.74 Å². The molecule has 0 spiro atoms. The predicted molar refractivity (Wildman–Crippen MR) is 87.2 cm³/mol.